The maximum atomic E-state index is 12.4. The topological polar surface area (TPSA) is 74.9 Å². The van der Waals surface area contributed by atoms with E-state index in [9.17, 15) is 8.78 Å². The normalized spacial score (nSPS) is 17.2. The standard InChI is InChI=1S/C22H31F2N5O2/c1-4-25-22(26-12-11-20-15(2)28-31-16(20)3)27-17-6-5-13-29(14-17)18-7-9-19(10-8-18)30-21(23)24/h7-10,17,21H,4-6,11-14H2,1-3H3,(H2,25,26,27). The maximum Gasteiger partial charge on any atom is 0.387 e. The van der Waals surface area contributed by atoms with E-state index < -0.39 is 6.61 Å². The molecule has 0 amide bonds. The van der Waals surface area contributed by atoms with Gasteiger partial charge in [-0.05, 0) is 64.3 Å². The Morgan fingerprint density at radius 1 is 1.32 bits per heavy atom. The molecule has 1 aromatic heterocycles. The number of ether oxygens (including phenoxy) is 1. The Labute approximate surface area is 181 Å². The Morgan fingerprint density at radius 2 is 2.10 bits per heavy atom. The predicted octanol–water partition coefficient (Wildman–Crippen LogP) is 3.66. The molecule has 1 aliphatic heterocycles. The van der Waals surface area contributed by atoms with E-state index in [4.69, 9.17) is 9.52 Å². The zero-order valence-corrected chi connectivity index (χ0v) is 18.3. The van der Waals surface area contributed by atoms with Crippen LogP contribution in [0.25, 0.3) is 0 Å². The highest BCUT2D eigenvalue weighted by Gasteiger charge is 2.21. The summed E-state index contributed by atoms with van der Waals surface area (Å²) in [6.07, 6.45) is 2.85. The molecule has 1 aliphatic rings. The second-order valence-corrected chi connectivity index (χ2v) is 7.62. The van der Waals surface area contributed by atoms with E-state index in [2.05, 4.69) is 25.4 Å². The van der Waals surface area contributed by atoms with Gasteiger partial charge in [-0.25, -0.2) is 0 Å². The summed E-state index contributed by atoms with van der Waals surface area (Å²) in [7, 11) is 0. The fourth-order valence-corrected chi connectivity index (χ4v) is 3.82. The second kappa shape index (κ2) is 11.0. The van der Waals surface area contributed by atoms with Gasteiger partial charge in [-0.3, -0.25) is 4.99 Å². The number of benzene rings is 1. The van der Waals surface area contributed by atoms with Gasteiger partial charge in [-0.2, -0.15) is 8.78 Å². The number of hydrogen-bond donors (Lipinski definition) is 2. The van der Waals surface area contributed by atoms with Crippen LogP contribution in [0.1, 0.15) is 36.8 Å². The van der Waals surface area contributed by atoms with E-state index in [-0.39, 0.29) is 11.8 Å². The molecule has 1 unspecified atom stereocenters. The molecule has 1 saturated heterocycles. The largest absolute Gasteiger partial charge is 0.435 e. The van der Waals surface area contributed by atoms with Crippen LogP contribution in [0.4, 0.5) is 14.5 Å². The van der Waals surface area contributed by atoms with Crippen LogP contribution in [0.3, 0.4) is 0 Å². The number of guanidine groups is 1. The van der Waals surface area contributed by atoms with Gasteiger partial charge in [0, 0.05) is 43.5 Å². The summed E-state index contributed by atoms with van der Waals surface area (Å²) >= 11 is 0. The number of nitrogens with one attached hydrogen (secondary N) is 2. The van der Waals surface area contributed by atoms with E-state index in [0.717, 1.165) is 67.6 Å². The minimum atomic E-state index is -2.81. The lowest BCUT2D eigenvalue weighted by Crippen LogP contribution is -2.51. The average molecular weight is 436 g/mol. The van der Waals surface area contributed by atoms with Crippen molar-refractivity contribution in [2.45, 2.75) is 52.7 Å². The number of piperidine rings is 1. The molecule has 0 spiro atoms. The van der Waals surface area contributed by atoms with Crippen molar-refractivity contribution in [1.29, 1.82) is 0 Å². The second-order valence-electron chi connectivity index (χ2n) is 7.62. The van der Waals surface area contributed by atoms with Crippen molar-refractivity contribution in [3.05, 3.63) is 41.3 Å². The van der Waals surface area contributed by atoms with E-state index in [1.54, 1.807) is 12.1 Å². The van der Waals surface area contributed by atoms with Gasteiger partial charge in [0.25, 0.3) is 0 Å². The molecular formula is C22H31F2N5O2. The fraction of sp³-hybridized carbons (Fsp3) is 0.545. The molecule has 1 fully saturated rings. The number of rotatable bonds is 8. The number of aliphatic imine (C=N–C) groups is 1. The third-order valence-corrected chi connectivity index (χ3v) is 5.35. The summed E-state index contributed by atoms with van der Waals surface area (Å²) in [6.45, 7) is 6.25. The fourth-order valence-electron chi connectivity index (χ4n) is 3.82. The number of nitrogens with zero attached hydrogens (tertiary/aromatic N) is 3. The van der Waals surface area contributed by atoms with Crippen molar-refractivity contribution in [2.75, 3.05) is 31.1 Å². The highest BCUT2D eigenvalue weighted by molar-refractivity contribution is 5.80. The molecular weight excluding hydrogens is 404 g/mol. The lowest BCUT2D eigenvalue weighted by atomic mass is 10.0. The molecule has 31 heavy (non-hydrogen) atoms. The van der Waals surface area contributed by atoms with Crippen molar-refractivity contribution in [3.63, 3.8) is 0 Å². The van der Waals surface area contributed by atoms with Crippen molar-refractivity contribution in [2.24, 2.45) is 4.99 Å². The summed E-state index contributed by atoms with van der Waals surface area (Å²) in [5.41, 5.74) is 3.02. The van der Waals surface area contributed by atoms with Gasteiger partial charge in [-0.1, -0.05) is 5.16 Å². The monoisotopic (exact) mass is 435 g/mol. The molecule has 3 rings (SSSR count). The number of halogens is 2. The van der Waals surface area contributed by atoms with Gasteiger partial charge in [0.15, 0.2) is 5.96 Å². The van der Waals surface area contributed by atoms with Gasteiger partial charge < -0.3 is 24.8 Å². The van der Waals surface area contributed by atoms with Crippen LogP contribution in [0.15, 0.2) is 33.8 Å². The Balaban J connectivity index is 1.57. The first-order chi connectivity index (χ1) is 15.0. The summed E-state index contributed by atoms with van der Waals surface area (Å²) in [6, 6.07) is 7.05. The molecule has 2 aromatic rings. The third kappa shape index (κ3) is 6.57. The molecule has 2 heterocycles. The van der Waals surface area contributed by atoms with Gasteiger partial charge in [0.2, 0.25) is 0 Å². The van der Waals surface area contributed by atoms with Crippen LogP contribution in [-0.4, -0.2) is 49.9 Å². The zero-order chi connectivity index (χ0) is 22.2. The number of alkyl halides is 2. The zero-order valence-electron chi connectivity index (χ0n) is 18.3. The third-order valence-electron chi connectivity index (χ3n) is 5.35. The summed E-state index contributed by atoms with van der Waals surface area (Å²) in [5.74, 6) is 1.81. The van der Waals surface area contributed by atoms with Crippen LogP contribution in [0.5, 0.6) is 5.75 Å². The molecule has 2 N–H and O–H groups in total. The van der Waals surface area contributed by atoms with Crippen molar-refractivity contribution in [1.82, 2.24) is 15.8 Å². The summed E-state index contributed by atoms with van der Waals surface area (Å²) < 4.78 is 34.4. The number of anilines is 1. The maximum absolute atomic E-state index is 12.4. The molecule has 0 saturated carbocycles. The molecule has 0 radical (unpaired) electrons. The van der Waals surface area contributed by atoms with Gasteiger partial charge in [0.05, 0.1) is 5.69 Å². The molecule has 7 nitrogen and oxygen atoms in total. The predicted molar refractivity (Wildman–Crippen MR) is 117 cm³/mol. The quantitative estimate of drug-likeness (QED) is 0.487. The molecule has 0 aliphatic carbocycles. The van der Waals surface area contributed by atoms with Gasteiger partial charge in [0.1, 0.15) is 11.5 Å². The van der Waals surface area contributed by atoms with Crippen molar-refractivity contribution >= 4 is 11.6 Å². The first-order valence-electron chi connectivity index (χ1n) is 10.7. The summed E-state index contributed by atoms with van der Waals surface area (Å²) in [5, 5.41) is 10.8. The molecule has 170 valence electrons. The first-order valence-corrected chi connectivity index (χ1v) is 10.7. The van der Waals surface area contributed by atoms with Crippen molar-refractivity contribution in [3.8, 4) is 5.75 Å². The van der Waals surface area contributed by atoms with E-state index in [0.29, 0.717) is 6.54 Å². The van der Waals surface area contributed by atoms with Crippen molar-refractivity contribution < 1.29 is 18.0 Å². The van der Waals surface area contributed by atoms with E-state index in [1.165, 1.54) is 0 Å². The Bertz CT molecular complexity index is 835. The highest BCUT2D eigenvalue weighted by atomic mass is 19.3. The minimum absolute atomic E-state index is 0.172. The Kier molecular flexibility index (Phi) is 8.08. The lowest BCUT2D eigenvalue weighted by molar-refractivity contribution is -0.0498. The number of hydrogen-bond acceptors (Lipinski definition) is 5. The van der Waals surface area contributed by atoms with E-state index >= 15 is 0 Å². The molecule has 1 aromatic carbocycles. The van der Waals surface area contributed by atoms with Crippen LogP contribution < -0.4 is 20.3 Å². The molecule has 9 heteroatoms. The van der Waals surface area contributed by atoms with Gasteiger partial charge >= 0.3 is 6.61 Å². The molecule has 1 atom stereocenters. The highest BCUT2D eigenvalue weighted by Crippen LogP contribution is 2.24. The van der Waals surface area contributed by atoms with E-state index in [1.807, 2.05) is 32.9 Å². The number of aromatic nitrogens is 1. The van der Waals surface area contributed by atoms with Crippen LogP contribution in [0.2, 0.25) is 0 Å². The first kappa shape index (κ1) is 22.8. The molecule has 0 bridgehead atoms. The van der Waals surface area contributed by atoms with Crippen LogP contribution >= 0.6 is 0 Å². The van der Waals surface area contributed by atoms with Crippen LogP contribution in [-0.2, 0) is 6.42 Å². The van der Waals surface area contributed by atoms with Crippen LogP contribution in [0, 0.1) is 13.8 Å². The average Bonchev–Trinajstić information content (AvgIpc) is 3.06. The lowest BCUT2D eigenvalue weighted by Gasteiger charge is -2.35. The Hall–Kier alpha value is -2.84. The smallest absolute Gasteiger partial charge is 0.387 e. The number of aryl methyl sites for hydroxylation is 2. The SMILES string of the molecule is CCNC(=NCCc1c(C)noc1C)NC1CCCN(c2ccc(OC(F)F)cc2)C1. The summed E-state index contributed by atoms with van der Waals surface area (Å²) in [4.78, 5) is 6.97. The Morgan fingerprint density at radius 3 is 2.74 bits per heavy atom. The minimum Gasteiger partial charge on any atom is -0.435 e. The van der Waals surface area contributed by atoms with Gasteiger partial charge in [-0.15, -0.1) is 0 Å².